The number of hydrogen-bond donors (Lipinski definition) is 1. The average Bonchev–Trinajstić information content (AvgIpc) is 2.48. The van der Waals surface area contributed by atoms with E-state index in [0.717, 1.165) is 43.4 Å². The molecule has 1 aliphatic rings. The number of thioether (sulfide) groups is 1. The van der Waals surface area contributed by atoms with Crippen LogP contribution >= 0.6 is 11.8 Å². The molecule has 1 amide bonds. The van der Waals surface area contributed by atoms with Gasteiger partial charge in [0, 0.05) is 31.1 Å². The van der Waals surface area contributed by atoms with Crippen molar-refractivity contribution < 1.29 is 4.79 Å². The topological polar surface area (TPSA) is 45.2 Å². The van der Waals surface area contributed by atoms with E-state index in [4.69, 9.17) is 0 Å². The lowest BCUT2D eigenvalue weighted by Crippen LogP contribution is -2.37. The number of likely N-dealkylation sites (tertiary alicyclic amines) is 1. The number of carbonyl (C=O) groups excluding carboxylic acids is 1. The summed E-state index contributed by atoms with van der Waals surface area (Å²) in [6.07, 6.45) is 5.98. The number of nitrogens with zero attached hydrogens (tertiary/aromatic N) is 2. The predicted molar refractivity (Wildman–Crippen MR) is 90.0 cm³/mol. The number of pyridine rings is 1. The third kappa shape index (κ3) is 4.63. The Hall–Kier alpha value is -1.23. The lowest BCUT2D eigenvalue weighted by atomic mass is 9.99. The Morgan fingerprint density at radius 1 is 1.48 bits per heavy atom. The molecule has 1 fully saturated rings. The smallest absolute Gasteiger partial charge is 0.255 e. The molecular formula is C16H25N3OS. The molecule has 116 valence electrons. The van der Waals surface area contributed by atoms with Crippen LogP contribution in [0.1, 0.15) is 37.0 Å². The van der Waals surface area contributed by atoms with E-state index in [1.165, 1.54) is 0 Å². The lowest BCUT2D eigenvalue weighted by Gasteiger charge is -2.30. The van der Waals surface area contributed by atoms with Crippen LogP contribution in [0.3, 0.4) is 0 Å². The van der Waals surface area contributed by atoms with Crippen molar-refractivity contribution >= 4 is 23.5 Å². The van der Waals surface area contributed by atoms with Crippen LogP contribution < -0.4 is 5.32 Å². The molecular weight excluding hydrogens is 282 g/mol. The summed E-state index contributed by atoms with van der Waals surface area (Å²) in [7, 11) is 0. The first-order chi connectivity index (χ1) is 10.1. The highest BCUT2D eigenvalue weighted by molar-refractivity contribution is 7.98. The number of hydrogen-bond acceptors (Lipinski definition) is 4. The highest BCUT2D eigenvalue weighted by Crippen LogP contribution is 2.18. The largest absolute Gasteiger partial charge is 0.367 e. The van der Waals surface area contributed by atoms with Gasteiger partial charge in [-0.25, -0.2) is 4.98 Å². The van der Waals surface area contributed by atoms with Crippen LogP contribution in [0.15, 0.2) is 18.3 Å². The summed E-state index contributed by atoms with van der Waals surface area (Å²) in [6, 6.07) is 4.15. The van der Waals surface area contributed by atoms with Gasteiger partial charge in [0.2, 0.25) is 0 Å². The van der Waals surface area contributed by atoms with E-state index in [0.29, 0.717) is 11.6 Å². The molecule has 0 bridgehead atoms. The molecule has 1 aromatic heterocycles. The fraction of sp³-hybridized carbons (Fsp3) is 0.625. The molecule has 1 atom stereocenters. The molecule has 1 aliphatic heterocycles. The molecule has 1 saturated heterocycles. The van der Waals surface area contributed by atoms with E-state index >= 15 is 0 Å². The summed E-state index contributed by atoms with van der Waals surface area (Å²) in [5.41, 5.74) is 0.688. The van der Waals surface area contributed by atoms with Crippen molar-refractivity contribution in [2.24, 2.45) is 5.92 Å². The fourth-order valence-electron chi connectivity index (χ4n) is 2.54. The first-order valence-corrected chi connectivity index (χ1v) is 9.00. The van der Waals surface area contributed by atoms with Crippen molar-refractivity contribution in [1.82, 2.24) is 9.88 Å². The second-order valence-corrected chi connectivity index (χ2v) is 6.82. The molecule has 1 N–H and O–H groups in total. The molecule has 5 heteroatoms. The Bertz CT molecular complexity index is 455. The van der Waals surface area contributed by atoms with Gasteiger partial charge in [-0.3, -0.25) is 4.79 Å². The van der Waals surface area contributed by atoms with Gasteiger partial charge in [-0.2, -0.15) is 11.8 Å². The zero-order valence-corrected chi connectivity index (χ0v) is 13.9. The zero-order valence-electron chi connectivity index (χ0n) is 13.1. The minimum absolute atomic E-state index is 0.109. The maximum absolute atomic E-state index is 12.4. The highest BCUT2D eigenvalue weighted by atomic mass is 32.2. The first-order valence-electron chi connectivity index (χ1n) is 7.61. The van der Waals surface area contributed by atoms with Crippen LogP contribution in [0.2, 0.25) is 0 Å². The van der Waals surface area contributed by atoms with Gasteiger partial charge in [0.05, 0.1) is 5.56 Å². The SMILES string of the molecule is CSCC(C)Nc1ccc(C(=O)N2CCC(C)CC2)cn1. The van der Waals surface area contributed by atoms with Gasteiger partial charge in [0.15, 0.2) is 0 Å². The van der Waals surface area contributed by atoms with E-state index in [1.54, 1.807) is 18.0 Å². The summed E-state index contributed by atoms with van der Waals surface area (Å²) < 4.78 is 0. The number of piperidine rings is 1. The maximum Gasteiger partial charge on any atom is 0.255 e. The third-order valence-corrected chi connectivity index (χ3v) is 4.73. The van der Waals surface area contributed by atoms with Crippen LogP contribution in [0.5, 0.6) is 0 Å². The Labute approximate surface area is 131 Å². The maximum atomic E-state index is 12.4. The molecule has 0 aromatic carbocycles. The molecule has 0 spiro atoms. The number of nitrogens with one attached hydrogen (secondary N) is 1. The fourth-order valence-corrected chi connectivity index (χ4v) is 3.13. The second kappa shape index (κ2) is 7.69. The summed E-state index contributed by atoms with van der Waals surface area (Å²) in [5.74, 6) is 2.71. The van der Waals surface area contributed by atoms with Crippen LogP contribution in [-0.2, 0) is 0 Å². The molecule has 0 aliphatic carbocycles. The van der Waals surface area contributed by atoms with Gasteiger partial charge in [0.25, 0.3) is 5.91 Å². The van der Waals surface area contributed by atoms with Crippen molar-refractivity contribution in [1.29, 1.82) is 0 Å². The summed E-state index contributed by atoms with van der Waals surface area (Å²) in [5, 5.41) is 3.34. The molecule has 1 unspecified atom stereocenters. The standard InChI is InChI=1S/C16H25N3OS/c1-12-6-8-19(9-7-12)16(20)14-4-5-15(17-10-14)18-13(2)11-21-3/h4-5,10,12-13H,6-9,11H2,1-3H3,(H,17,18). The summed E-state index contributed by atoms with van der Waals surface area (Å²) >= 11 is 1.80. The van der Waals surface area contributed by atoms with Crippen molar-refractivity contribution in [2.45, 2.75) is 32.7 Å². The minimum Gasteiger partial charge on any atom is -0.367 e. The van der Waals surface area contributed by atoms with Crippen molar-refractivity contribution in [3.05, 3.63) is 23.9 Å². The summed E-state index contributed by atoms with van der Waals surface area (Å²) in [6.45, 7) is 6.11. The van der Waals surface area contributed by atoms with Crippen molar-refractivity contribution in [3.8, 4) is 0 Å². The second-order valence-electron chi connectivity index (χ2n) is 5.91. The van der Waals surface area contributed by atoms with Crippen molar-refractivity contribution in [2.75, 3.05) is 30.4 Å². The van der Waals surface area contributed by atoms with Gasteiger partial charge in [-0.15, -0.1) is 0 Å². The molecule has 0 saturated carbocycles. The van der Waals surface area contributed by atoms with E-state index < -0.39 is 0 Å². The van der Waals surface area contributed by atoms with Crippen LogP contribution in [0.25, 0.3) is 0 Å². The Balaban J connectivity index is 1.93. The number of aromatic nitrogens is 1. The molecule has 2 rings (SSSR count). The average molecular weight is 307 g/mol. The Morgan fingerprint density at radius 2 is 2.19 bits per heavy atom. The first kappa shape index (κ1) is 16.1. The van der Waals surface area contributed by atoms with E-state index in [2.05, 4.69) is 30.4 Å². The lowest BCUT2D eigenvalue weighted by molar-refractivity contribution is 0.0697. The van der Waals surface area contributed by atoms with Crippen LogP contribution in [0, 0.1) is 5.92 Å². The summed E-state index contributed by atoms with van der Waals surface area (Å²) in [4.78, 5) is 18.7. The molecule has 2 heterocycles. The van der Waals surface area contributed by atoms with Gasteiger partial charge >= 0.3 is 0 Å². The molecule has 0 radical (unpaired) electrons. The molecule has 4 nitrogen and oxygen atoms in total. The number of anilines is 1. The third-order valence-electron chi connectivity index (χ3n) is 3.89. The minimum atomic E-state index is 0.109. The molecule has 21 heavy (non-hydrogen) atoms. The Morgan fingerprint density at radius 3 is 2.76 bits per heavy atom. The number of rotatable bonds is 5. The van der Waals surface area contributed by atoms with Crippen LogP contribution in [0.4, 0.5) is 5.82 Å². The van der Waals surface area contributed by atoms with E-state index in [9.17, 15) is 4.79 Å². The van der Waals surface area contributed by atoms with Gasteiger partial charge in [0.1, 0.15) is 5.82 Å². The van der Waals surface area contributed by atoms with Crippen LogP contribution in [-0.4, -0.2) is 46.9 Å². The van der Waals surface area contributed by atoms with Gasteiger partial charge in [-0.05, 0) is 44.1 Å². The zero-order chi connectivity index (χ0) is 15.2. The van der Waals surface area contributed by atoms with Gasteiger partial charge < -0.3 is 10.2 Å². The monoisotopic (exact) mass is 307 g/mol. The highest BCUT2D eigenvalue weighted by Gasteiger charge is 2.21. The number of amides is 1. The Kier molecular flexibility index (Phi) is 5.91. The van der Waals surface area contributed by atoms with Gasteiger partial charge in [-0.1, -0.05) is 6.92 Å². The molecule has 1 aromatic rings. The normalized spacial score (nSPS) is 17.6. The quantitative estimate of drug-likeness (QED) is 0.908. The number of carbonyl (C=O) groups is 1. The van der Waals surface area contributed by atoms with E-state index in [-0.39, 0.29) is 5.91 Å². The predicted octanol–water partition coefficient (Wildman–Crippen LogP) is 3.12. The van der Waals surface area contributed by atoms with Crippen molar-refractivity contribution in [3.63, 3.8) is 0 Å². The van der Waals surface area contributed by atoms with E-state index in [1.807, 2.05) is 17.0 Å².